The third kappa shape index (κ3) is 2.73. The minimum absolute atomic E-state index is 0.436. The minimum Gasteiger partial charge on any atom is -0.432 e. The summed E-state index contributed by atoms with van der Waals surface area (Å²) in [5.41, 5.74) is 6.23. The second kappa shape index (κ2) is 4.87. The molecule has 1 heterocycles. The molecule has 0 saturated carbocycles. The highest BCUT2D eigenvalue weighted by Crippen LogP contribution is 2.11. The van der Waals surface area contributed by atoms with Crippen LogP contribution in [0.25, 0.3) is 0 Å². The van der Waals surface area contributed by atoms with Crippen molar-refractivity contribution in [2.75, 3.05) is 18.5 Å². The molecule has 1 aromatic rings. The molecule has 1 rings (SSSR count). The molecule has 0 aliphatic carbocycles. The lowest BCUT2D eigenvalue weighted by atomic mass is 10.3. The number of unbranched alkanes of at least 4 members (excludes halogenated alkanes) is 1. The number of aromatic nitrogens is 1. The zero-order chi connectivity index (χ0) is 9.68. The second-order valence-corrected chi connectivity index (χ2v) is 3.10. The van der Waals surface area contributed by atoms with E-state index in [9.17, 15) is 0 Å². The van der Waals surface area contributed by atoms with Crippen LogP contribution in [-0.4, -0.2) is 18.6 Å². The van der Waals surface area contributed by atoms with Crippen LogP contribution in [0.15, 0.2) is 10.7 Å². The molecule has 0 amide bonds. The first-order chi connectivity index (χ1) is 6.27. The van der Waals surface area contributed by atoms with Gasteiger partial charge in [-0.15, -0.1) is 0 Å². The van der Waals surface area contributed by atoms with E-state index >= 15 is 0 Å². The van der Waals surface area contributed by atoms with Crippen molar-refractivity contribution in [1.82, 2.24) is 4.98 Å². The SMILES string of the molecule is CCCCN(C)c1nc(CN)co1. The van der Waals surface area contributed by atoms with Crippen LogP contribution in [0.2, 0.25) is 0 Å². The fourth-order valence-corrected chi connectivity index (χ4v) is 1.06. The van der Waals surface area contributed by atoms with Crippen molar-refractivity contribution < 1.29 is 4.42 Å². The molecule has 0 bridgehead atoms. The molecule has 1 aromatic heterocycles. The minimum atomic E-state index is 0.436. The van der Waals surface area contributed by atoms with Crippen molar-refractivity contribution in [3.8, 4) is 0 Å². The van der Waals surface area contributed by atoms with Gasteiger partial charge in [-0.2, -0.15) is 4.98 Å². The number of nitrogens with two attached hydrogens (primary N) is 1. The number of oxazole rings is 1. The molecule has 4 heteroatoms. The number of nitrogens with zero attached hydrogens (tertiary/aromatic N) is 2. The number of hydrogen-bond donors (Lipinski definition) is 1. The summed E-state index contributed by atoms with van der Waals surface area (Å²) in [6.07, 6.45) is 3.93. The Morgan fingerprint density at radius 2 is 2.38 bits per heavy atom. The van der Waals surface area contributed by atoms with E-state index in [0.29, 0.717) is 12.6 Å². The number of hydrogen-bond acceptors (Lipinski definition) is 4. The summed E-state index contributed by atoms with van der Waals surface area (Å²) in [4.78, 5) is 6.22. The molecule has 0 saturated heterocycles. The van der Waals surface area contributed by atoms with Gasteiger partial charge >= 0.3 is 0 Å². The van der Waals surface area contributed by atoms with Gasteiger partial charge in [-0.1, -0.05) is 13.3 Å². The predicted octanol–water partition coefficient (Wildman–Crippen LogP) is 1.37. The van der Waals surface area contributed by atoms with Crippen molar-refractivity contribution in [2.24, 2.45) is 5.73 Å². The van der Waals surface area contributed by atoms with Gasteiger partial charge in [0.05, 0.1) is 5.69 Å². The Morgan fingerprint density at radius 3 is 2.92 bits per heavy atom. The van der Waals surface area contributed by atoms with E-state index in [1.807, 2.05) is 11.9 Å². The Labute approximate surface area is 78.7 Å². The molecule has 0 radical (unpaired) electrons. The van der Waals surface area contributed by atoms with Gasteiger partial charge in [0, 0.05) is 20.1 Å². The lowest BCUT2D eigenvalue weighted by Gasteiger charge is -2.12. The first-order valence-electron chi connectivity index (χ1n) is 4.63. The van der Waals surface area contributed by atoms with Crippen molar-refractivity contribution in [2.45, 2.75) is 26.3 Å². The Bertz CT molecular complexity index is 247. The van der Waals surface area contributed by atoms with Gasteiger partial charge in [-0.3, -0.25) is 0 Å². The van der Waals surface area contributed by atoms with Crippen molar-refractivity contribution >= 4 is 6.01 Å². The first-order valence-corrected chi connectivity index (χ1v) is 4.63. The Balaban J connectivity index is 2.50. The fourth-order valence-electron chi connectivity index (χ4n) is 1.06. The summed E-state index contributed by atoms with van der Waals surface area (Å²) in [7, 11) is 1.97. The molecule has 0 aliphatic rings. The maximum Gasteiger partial charge on any atom is 0.297 e. The van der Waals surface area contributed by atoms with Crippen LogP contribution in [0.5, 0.6) is 0 Å². The van der Waals surface area contributed by atoms with E-state index in [2.05, 4.69) is 11.9 Å². The maximum absolute atomic E-state index is 5.42. The Hall–Kier alpha value is -1.03. The van der Waals surface area contributed by atoms with Crippen molar-refractivity contribution in [1.29, 1.82) is 0 Å². The zero-order valence-corrected chi connectivity index (χ0v) is 8.29. The molecule has 13 heavy (non-hydrogen) atoms. The normalized spacial score (nSPS) is 10.4. The number of anilines is 1. The standard InChI is InChI=1S/C9H17N3O/c1-3-4-5-12(2)9-11-8(6-10)7-13-9/h7H,3-6,10H2,1-2H3. The van der Waals surface area contributed by atoms with Crippen LogP contribution in [0.4, 0.5) is 6.01 Å². The summed E-state index contributed by atoms with van der Waals surface area (Å²) in [6, 6.07) is 0.661. The average Bonchev–Trinajstić information content (AvgIpc) is 2.62. The molecule has 0 fully saturated rings. The molecule has 74 valence electrons. The highest BCUT2D eigenvalue weighted by atomic mass is 16.4. The third-order valence-corrected chi connectivity index (χ3v) is 1.92. The summed E-state index contributed by atoms with van der Waals surface area (Å²) in [5, 5.41) is 0. The van der Waals surface area contributed by atoms with E-state index in [0.717, 1.165) is 18.7 Å². The fraction of sp³-hybridized carbons (Fsp3) is 0.667. The molecule has 0 unspecified atom stereocenters. The van der Waals surface area contributed by atoms with E-state index < -0.39 is 0 Å². The van der Waals surface area contributed by atoms with Gasteiger partial charge in [0.2, 0.25) is 0 Å². The van der Waals surface area contributed by atoms with Crippen LogP contribution in [0, 0.1) is 0 Å². The van der Waals surface area contributed by atoms with Crippen molar-refractivity contribution in [3.05, 3.63) is 12.0 Å². The van der Waals surface area contributed by atoms with Gasteiger partial charge in [0.15, 0.2) is 0 Å². The van der Waals surface area contributed by atoms with Crippen LogP contribution in [0.1, 0.15) is 25.5 Å². The molecule has 4 nitrogen and oxygen atoms in total. The second-order valence-electron chi connectivity index (χ2n) is 3.10. The van der Waals surface area contributed by atoms with Crippen molar-refractivity contribution in [3.63, 3.8) is 0 Å². The maximum atomic E-state index is 5.42. The van der Waals surface area contributed by atoms with E-state index in [1.165, 1.54) is 6.42 Å². The summed E-state index contributed by atoms with van der Waals surface area (Å²) in [5.74, 6) is 0. The van der Waals surface area contributed by atoms with Gasteiger partial charge in [0.25, 0.3) is 6.01 Å². The van der Waals surface area contributed by atoms with Crippen LogP contribution >= 0.6 is 0 Å². The van der Waals surface area contributed by atoms with Gasteiger partial charge in [0.1, 0.15) is 6.26 Å². The first kappa shape index (κ1) is 10.1. The third-order valence-electron chi connectivity index (χ3n) is 1.92. The highest BCUT2D eigenvalue weighted by Gasteiger charge is 2.06. The predicted molar refractivity (Wildman–Crippen MR) is 52.6 cm³/mol. The highest BCUT2D eigenvalue weighted by molar-refractivity contribution is 5.24. The van der Waals surface area contributed by atoms with Crippen LogP contribution < -0.4 is 10.6 Å². The van der Waals surface area contributed by atoms with Gasteiger partial charge in [-0.25, -0.2) is 0 Å². The van der Waals surface area contributed by atoms with E-state index in [4.69, 9.17) is 10.2 Å². The topological polar surface area (TPSA) is 55.3 Å². The Kier molecular flexibility index (Phi) is 3.76. The monoisotopic (exact) mass is 183 g/mol. The largest absolute Gasteiger partial charge is 0.432 e. The molecular formula is C9H17N3O. The Morgan fingerprint density at radius 1 is 1.62 bits per heavy atom. The molecule has 0 aliphatic heterocycles. The molecular weight excluding hydrogens is 166 g/mol. The lowest BCUT2D eigenvalue weighted by molar-refractivity contribution is 0.540. The van der Waals surface area contributed by atoms with Crippen LogP contribution in [-0.2, 0) is 6.54 Å². The summed E-state index contributed by atoms with van der Waals surface area (Å²) < 4.78 is 5.25. The molecule has 0 atom stereocenters. The summed E-state index contributed by atoms with van der Waals surface area (Å²) >= 11 is 0. The van der Waals surface area contributed by atoms with E-state index in [1.54, 1.807) is 6.26 Å². The van der Waals surface area contributed by atoms with Gasteiger partial charge in [-0.05, 0) is 6.42 Å². The molecule has 2 N–H and O–H groups in total. The quantitative estimate of drug-likeness (QED) is 0.749. The lowest BCUT2D eigenvalue weighted by Crippen LogP contribution is -2.18. The number of rotatable bonds is 5. The molecule has 0 aromatic carbocycles. The average molecular weight is 183 g/mol. The summed E-state index contributed by atoms with van der Waals surface area (Å²) in [6.45, 7) is 3.57. The smallest absolute Gasteiger partial charge is 0.297 e. The van der Waals surface area contributed by atoms with Crippen LogP contribution in [0.3, 0.4) is 0 Å². The zero-order valence-electron chi connectivity index (χ0n) is 8.29. The molecule has 0 spiro atoms. The van der Waals surface area contributed by atoms with Gasteiger partial charge < -0.3 is 15.1 Å². The van der Waals surface area contributed by atoms with E-state index in [-0.39, 0.29) is 0 Å².